The summed E-state index contributed by atoms with van der Waals surface area (Å²) in [4.78, 5) is 15.0. The summed E-state index contributed by atoms with van der Waals surface area (Å²) in [7, 11) is 0. The molecule has 0 amide bonds. The van der Waals surface area contributed by atoms with Gasteiger partial charge in [0.25, 0.3) is 0 Å². The molecule has 1 heterocycles. The van der Waals surface area contributed by atoms with Crippen LogP contribution in [-0.2, 0) is 0 Å². The van der Waals surface area contributed by atoms with Crippen molar-refractivity contribution in [1.82, 2.24) is 15.0 Å². The van der Waals surface area contributed by atoms with Gasteiger partial charge < -0.3 is 0 Å². The van der Waals surface area contributed by atoms with Gasteiger partial charge in [-0.2, -0.15) is 0 Å². The van der Waals surface area contributed by atoms with Crippen LogP contribution in [0.5, 0.6) is 0 Å². The summed E-state index contributed by atoms with van der Waals surface area (Å²) in [6.45, 7) is 0. The molecular weight excluding hydrogens is 607 g/mol. The highest BCUT2D eigenvalue weighted by Gasteiger charge is 2.15. The zero-order chi connectivity index (χ0) is 37.6. The van der Waals surface area contributed by atoms with E-state index in [9.17, 15) is 0 Å². The van der Waals surface area contributed by atoms with E-state index in [0.717, 1.165) is 49.7 Å². The molecule has 3 nitrogen and oxygen atoms in total. The Morgan fingerprint density at radius 2 is 0.780 bits per heavy atom. The Bertz CT molecular complexity index is 2900. The lowest BCUT2D eigenvalue weighted by Crippen LogP contribution is -2.00. The first-order valence-electron chi connectivity index (χ1n) is 19.0. The van der Waals surface area contributed by atoms with E-state index in [0.29, 0.717) is 23.0 Å². The lowest BCUT2D eigenvalue weighted by molar-refractivity contribution is 1.07. The maximum absolute atomic E-state index is 8.64. The van der Waals surface area contributed by atoms with Crippen LogP contribution >= 0.6 is 0 Å². The van der Waals surface area contributed by atoms with Gasteiger partial charge in [0.1, 0.15) is 0 Å². The number of hydrogen-bond acceptors (Lipinski definition) is 3. The number of nitrogens with zero attached hydrogens (tertiary/aromatic N) is 3. The number of fused-ring (bicyclic) bond motifs is 2. The fourth-order valence-corrected chi connectivity index (χ4v) is 6.62. The van der Waals surface area contributed by atoms with Crippen molar-refractivity contribution in [2.45, 2.75) is 0 Å². The molecule has 0 saturated heterocycles. The monoisotopic (exact) mass is 642 g/mol. The van der Waals surface area contributed by atoms with Gasteiger partial charge in [-0.15, -0.1) is 0 Å². The minimum atomic E-state index is -0.411. The summed E-state index contributed by atoms with van der Waals surface area (Å²) >= 11 is 0. The standard InChI is InChI=1S/C47H31N3/c1-3-13-32(14-4-1)41-23-11-26-44-42(24-12-25-43(41)44)37-19-9-20-38(31-37)47-49-45(35-16-5-2-6-17-35)48-46(50-47)36-29-27-34(28-30-36)40-22-10-18-33-15-7-8-21-39(33)40/h1-31H/i1D,3D,4D,13D,14D. The number of aromatic nitrogens is 3. The molecule has 3 heteroatoms. The Kier molecular flexibility index (Phi) is 6.22. The molecule has 0 bridgehead atoms. The second-order valence-corrected chi connectivity index (χ2v) is 12.1. The Balaban J connectivity index is 1.15. The molecule has 0 N–H and O–H groups in total. The van der Waals surface area contributed by atoms with Crippen LogP contribution in [0.2, 0.25) is 0 Å². The molecule has 1 aromatic heterocycles. The molecule has 0 fully saturated rings. The molecule has 9 rings (SSSR count). The largest absolute Gasteiger partial charge is 0.208 e. The molecule has 50 heavy (non-hydrogen) atoms. The molecule has 0 radical (unpaired) electrons. The molecule has 9 aromatic rings. The smallest absolute Gasteiger partial charge is 0.164 e. The van der Waals surface area contributed by atoms with Crippen molar-refractivity contribution in [3.8, 4) is 67.5 Å². The number of rotatable bonds is 6. The summed E-state index contributed by atoms with van der Waals surface area (Å²) in [5.41, 5.74) is 7.43. The summed E-state index contributed by atoms with van der Waals surface area (Å²) in [6.07, 6.45) is 0. The Hall–Kier alpha value is -6.71. The number of benzene rings is 8. The normalized spacial score (nSPS) is 12.6. The van der Waals surface area contributed by atoms with Gasteiger partial charge in [0.2, 0.25) is 0 Å². The molecule has 0 unspecified atom stereocenters. The van der Waals surface area contributed by atoms with E-state index in [2.05, 4.69) is 72.8 Å². The first-order chi connectivity index (χ1) is 26.9. The lowest BCUT2D eigenvalue weighted by atomic mass is 9.92. The van der Waals surface area contributed by atoms with Crippen molar-refractivity contribution < 1.29 is 6.85 Å². The van der Waals surface area contributed by atoms with E-state index in [-0.39, 0.29) is 29.7 Å². The van der Waals surface area contributed by atoms with Crippen LogP contribution in [0.1, 0.15) is 6.85 Å². The highest BCUT2D eigenvalue weighted by atomic mass is 15.0. The summed E-state index contributed by atoms with van der Waals surface area (Å²) in [6, 6.07) is 51.0. The fourth-order valence-electron chi connectivity index (χ4n) is 6.62. The minimum absolute atomic E-state index is 0.179. The van der Waals surface area contributed by atoms with Crippen molar-refractivity contribution >= 4 is 21.5 Å². The second-order valence-electron chi connectivity index (χ2n) is 12.1. The molecule has 0 spiro atoms. The van der Waals surface area contributed by atoms with Gasteiger partial charge in [-0.1, -0.05) is 182 Å². The van der Waals surface area contributed by atoms with E-state index < -0.39 is 6.04 Å². The van der Waals surface area contributed by atoms with Gasteiger partial charge in [0.05, 0.1) is 6.85 Å². The first-order valence-corrected chi connectivity index (χ1v) is 16.5. The molecular formula is C47H31N3. The molecule has 0 atom stereocenters. The van der Waals surface area contributed by atoms with Crippen LogP contribution in [0.3, 0.4) is 0 Å². The maximum atomic E-state index is 8.64. The van der Waals surface area contributed by atoms with E-state index in [1.54, 1.807) is 0 Å². The predicted octanol–water partition coefficient (Wildman–Crippen LogP) is 12.2. The molecule has 0 aliphatic carbocycles. The van der Waals surface area contributed by atoms with Gasteiger partial charge >= 0.3 is 0 Å². The second kappa shape index (κ2) is 12.7. The van der Waals surface area contributed by atoms with Crippen LogP contribution in [0, 0.1) is 0 Å². The molecule has 8 aromatic carbocycles. The van der Waals surface area contributed by atoms with Gasteiger partial charge in [-0.3, -0.25) is 0 Å². The SMILES string of the molecule is [2H]c1c([2H])c([2H])c(-c2cccc3c(-c4cccc(-c5nc(-c6ccccc6)nc(-c6ccc(-c7cccc8ccccc78)cc6)n5)c4)cccc23)c([2H])c1[2H]. The topological polar surface area (TPSA) is 38.7 Å². The van der Waals surface area contributed by atoms with Crippen molar-refractivity contribution in [3.63, 3.8) is 0 Å². The van der Waals surface area contributed by atoms with E-state index in [1.165, 1.54) is 10.8 Å². The first kappa shape index (κ1) is 24.4. The van der Waals surface area contributed by atoms with Gasteiger partial charge in [0.15, 0.2) is 17.5 Å². The Morgan fingerprint density at radius 3 is 1.50 bits per heavy atom. The average molecular weight is 643 g/mol. The predicted molar refractivity (Wildman–Crippen MR) is 207 cm³/mol. The van der Waals surface area contributed by atoms with Gasteiger partial charge in [0, 0.05) is 16.7 Å². The molecule has 0 aliphatic rings. The van der Waals surface area contributed by atoms with Crippen LogP contribution in [0.15, 0.2) is 188 Å². The van der Waals surface area contributed by atoms with E-state index in [4.69, 9.17) is 21.8 Å². The van der Waals surface area contributed by atoms with Gasteiger partial charge in [-0.25, -0.2) is 15.0 Å². The number of hydrogen-bond donors (Lipinski definition) is 0. The van der Waals surface area contributed by atoms with Crippen LogP contribution in [0.4, 0.5) is 0 Å². The maximum Gasteiger partial charge on any atom is 0.164 e. The van der Waals surface area contributed by atoms with Crippen LogP contribution < -0.4 is 0 Å². The average Bonchev–Trinajstić information content (AvgIpc) is 3.25. The Labute approximate surface area is 298 Å². The summed E-state index contributed by atoms with van der Waals surface area (Å²) in [5.74, 6) is 1.66. The summed E-state index contributed by atoms with van der Waals surface area (Å²) < 4.78 is 41.9. The van der Waals surface area contributed by atoms with Crippen molar-refractivity contribution in [3.05, 3.63) is 188 Å². The minimum Gasteiger partial charge on any atom is -0.208 e. The van der Waals surface area contributed by atoms with Crippen LogP contribution in [-0.4, -0.2) is 15.0 Å². The molecule has 0 saturated carbocycles. The zero-order valence-corrected chi connectivity index (χ0v) is 26.9. The van der Waals surface area contributed by atoms with Gasteiger partial charge in [-0.05, 0) is 61.0 Å². The quantitative estimate of drug-likeness (QED) is 0.181. The lowest BCUT2D eigenvalue weighted by Gasteiger charge is -2.13. The van der Waals surface area contributed by atoms with Crippen LogP contribution in [0.25, 0.3) is 89.1 Å². The fraction of sp³-hybridized carbons (Fsp3) is 0. The third kappa shape index (κ3) is 5.51. The third-order valence-electron chi connectivity index (χ3n) is 9.03. The zero-order valence-electron chi connectivity index (χ0n) is 31.9. The van der Waals surface area contributed by atoms with E-state index in [1.807, 2.05) is 84.9 Å². The van der Waals surface area contributed by atoms with Crippen molar-refractivity contribution in [1.29, 1.82) is 0 Å². The highest BCUT2D eigenvalue weighted by Crippen LogP contribution is 2.36. The summed E-state index contributed by atoms with van der Waals surface area (Å²) in [5, 5.41) is 4.06. The third-order valence-corrected chi connectivity index (χ3v) is 9.03. The molecule has 0 aliphatic heterocycles. The van der Waals surface area contributed by atoms with Crippen molar-refractivity contribution in [2.24, 2.45) is 0 Å². The Morgan fingerprint density at radius 1 is 0.320 bits per heavy atom. The van der Waals surface area contributed by atoms with E-state index >= 15 is 0 Å². The highest BCUT2D eigenvalue weighted by molar-refractivity contribution is 6.04. The molecule has 234 valence electrons. The van der Waals surface area contributed by atoms with Crippen molar-refractivity contribution in [2.75, 3.05) is 0 Å².